The molecule has 2 aromatic rings. The number of aliphatic hydroxyl groups is 1. The maximum atomic E-state index is 13.6. The van der Waals surface area contributed by atoms with Crippen molar-refractivity contribution in [3.8, 4) is 6.07 Å². The van der Waals surface area contributed by atoms with E-state index in [9.17, 15) is 19.6 Å². The highest BCUT2D eigenvalue weighted by atomic mass is 19.1. The molecule has 6 nitrogen and oxygen atoms in total. The van der Waals surface area contributed by atoms with Gasteiger partial charge in [0.15, 0.2) is 5.82 Å². The monoisotopic (exact) mass is 340 g/mol. The Labute approximate surface area is 144 Å². The van der Waals surface area contributed by atoms with Crippen molar-refractivity contribution in [2.24, 2.45) is 0 Å². The Bertz CT molecular complexity index is 826. The number of piperidine rings is 1. The molecule has 0 saturated carbocycles. The second-order valence-corrected chi connectivity index (χ2v) is 5.87. The Balaban J connectivity index is 1.79. The minimum atomic E-state index is -0.705. The molecule has 0 bridgehead atoms. The average molecular weight is 340 g/mol. The predicted octanol–water partition coefficient (Wildman–Crippen LogP) is 2.31. The molecule has 25 heavy (non-hydrogen) atoms. The number of carbonyl (C=O) groups is 1. The molecule has 1 aromatic heterocycles. The van der Waals surface area contributed by atoms with E-state index in [0.717, 1.165) is 11.9 Å². The summed E-state index contributed by atoms with van der Waals surface area (Å²) in [6, 6.07) is 8.43. The van der Waals surface area contributed by atoms with Crippen molar-refractivity contribution < 1.29 is 14.3 Å². The first-order chi connectivity index (χ1) is 12.1. The van der Waals surface area contributed by atoms with E-state index >= 15 is 0 Å². The molecule has 0 aliphatic carbocycles. The molecule has 7 heteroatoms. The zero-order valence-electron chi connectivity index (χ0n) is 13.4. The van der Waals surface area contributed by atoms with Crippen LogP contribution in [0.5, 0.6) is 0 Å². The molecule has 1 fully saturated rings. The first-order valence-corrected chi connectivity index (χ1v) is 7.96. The summed E-state index contributed by atoms with van der Waals surface area (Å²) in [7, 11) is 0. The van der Waals surface area contributed by atoms with Crippen LogP contribution in [0.15, 0.2) is 36.7 Å². The third kappa shape index (κ3) is 3.75. The summed E-state index contributed by atoms with van der Waals surface area (Å²) >= 11 is 0. The van der Waals surface area contributed by atoms with E-state index in [1.165, 1.54) is 12.3 Å². The lowest BCUT2D eigenvalue weighted by Gasteiger charge is -2.32. The molecular formula is C18H17FN4O2. The van der Waals surface area contributed by atoms with E-state index in [4.69, 9.17) is 0 Å². The van der Waals surface area contributed by atoms with Gasteiger partial charge in [0.2, 0.25) is 0 Å². The van der Waals surface area contributed by atoms with Gasteiger partial charge in [-0.1, -0.05) is 0 Å². The molecule has 3 rings (SSSR count). The lowest BCUT2D eigenvalue weighted by Crippen LogP contribution is -2.36. The number of nitriles is 1. The van der Waals surface area contributed by atoms with Crippen LogP contribution in [0.25, 0.3) is 0 Å². The van der Waals surface area contributed by atoms with E-state index in [2.05, 4.69) is 16.4 Å². The Morgan fingerprint density at radius 2 is 2.12 bits per heavy atom. The molecule has 0 spiro atoms. The van der Waals surface area contributed by atoms with Crippen molar-refractivity contribution in [2.45, 2.75) is 18.9 Å². The van der Waals surface area contributed by atoms with Crippen molar-refractivity contribution in [1.29, 1.82) is 5.26 Å². The number of pyridine rings is 1. The fourth-order valence-corrected chi connectivity index (χ4v) is 2.84. The summed E-state index contributed by atoms with van der Waals surface area (Å²) in [5, 5.41) is 21.6. The Kier molecular flexibility index (Phi) is 4.91. The highest BCUT2D eigenvalue weighted by molar-refractivity contribution is 6.04. The second-order valence-electron chi connectivity index (χ2n) is 5.87. The molecule has 1 saturated heterocycles. The molecule has 2 heterocycles. The van der Waals surface area contributed by atoms with Gasteiger partial charge in [0.05, 0.1) is 29.1 Å². The van der Waals surface area contributed by atoms with Crippen LogP contribution in [0.2, 0.25) is 0 Å². The van der Waals surface area contributed by atoms with Gasteiger partial charge >= 0.3 is 0 Å². The van der Waals surface area contributed by atoms with Crippen LogP contribution >= 0.6 is 0 Å². The molecule has 1 amide bonds. The SMILES string of the molecule is N#Cc1cc(NC(=O)c2ccncc2F)ccc1N1CCC(O)CC1. The maximum absolute atomic E-state index is 13.6. The predicted molar refractivity (Wildman–Crippen MR) is 90.8 cm³/mol. The number of benzene rings is 1. The Hall–Kier alpha value is -2.98. The van der Waals surface area contributed by atoms with E-state index in [0.29, 0.717) is 37.2 Å². The number of hydrogen-bond donors (Lipinski definition) is 2. The topological polar surface area (TPSA) is 89.2 Å². The Morgan fingerprint density at radius 1 is 1.36 bits per heavy atom. The lowest BCUT2D eigenvalue weighted by atomic mass is 10.0. The van der Waals surface area contributed by atoms with Gasteiger partial charge in [-0.25, -0.2) is 4.39 Å². The number of nitrogens with zero attached hydrogens (tertiary/aromatic N) is 3. The molecule has 0 unspecified atom stereocenters. The zero-order valence-corrected chi connectivity index (χ0v) is 13.4. The molecule has 0 radical (unpaired) electrons. The van der Waals surface area contributed by atoms with E-state index < -0.39 is 11.7 Å². The fraction of sp³-hybridized carbons (Fsp3) is 0.278. The Morgan fingerprint density at radius 3 is 2.80 bits per heavy atom. The van der Waals surface area contributed by atoms with Gasteiger partial charge in [0, 0.05) is 25.0 Å². The zero-order chi connectivity index (χ0) is 17.8. The van der Waals surface area contributed by atoms with Crippen molar-refractivity contribution in [3.05, 3.63) is 53.6 Å². The number of halogens is 1. The fourth-order valence-electron chi connectivity index (χ4n) is 2.84. The second kappa shape index (κ2) is 7.28. The molecule has 1 aromatic carbocycles. The van der Waals surface area contributed by atoms with Gasteiger partial charge in [-0.15, -0.1) is 0 Å². The number of amides is 1. The van der Waals surface area contributed by atoms with Gasteiger partial charge < -0.3 is 15.3 Å². The van der Waals surface area contributed by atoms with Crippen LogP contribution in [0.4, 0.5) is 15.8 Å². The van der Waals surface area contributed by atoms with Crippen molar-refractivity contribution >= 4 is 17.3 Å². The van der Waals surface area contributed by atoms with Gasteiger partial charge in [0.25, 0.3) is 5.91 Å². The summed E-state index contributed by atoms with van der Waals surface area (Å²) < 4.78 is 13.6. The summed E-state index contributed by atoms with van der Waals surface area (Å²) in [6.07, 6.45) is 3.33. The molecule has 2 N–H and O–H groups in total. The molecule has 0 atom stereocenters. The van der Waals surface area contributed by atoms with E-state index in [1.54, 1.807) is 18.2 Å². The van der Waals surface area contributed by atoms with Crippen molar-refractivity contribution in [2.75, 3.05) is 23.3 Å². The van der Waals surface area contributed by atoms with Gasteiger partial charge in [0.1, 0.15) is 6.07 Å². The van der Waals surface area contributed by atoms with Crippen LogP contribution < -0.4 is 10.2 Å². The number of rotatable bonds is 3. The first-order valence-electron chi connectivity index (χ1n) is 7.96. The molecular weight excluding hydrogens is 323 g/mol. The van der Waals surface area contributed by atoms with E-state index in [-0.39, 0.29) is 11.7 Å². The number of hydrogen-bond acceptors (Lipinski definition) is 5. The number of aliphatic hydroxyl groups excluding tert-OH is 1. The van der Waals surface area contributed by atoms with Gasteiger partial charge in [-0.05, 0) is 37.1 Å². The molecule has 128 valence electrons. The van der Waals surface area contributed by atoms with Crippen molar-refractivity contribution in [3.63, 3.8) is 0 Å². The minimum absolute atomic E-state index is 0.109. The standard InChI is InChI=1S/C18H17FN4O2/c19-16-11-21-6-3-15(16)18(25)22-13-1-2-17(12(9-13)10-20)23-7-4-14(24)5-8-23/h1-3,6,9,11,14,24H,4-5,7-8H2,(H,22,25). The highest BCUT2D eigenvalue weighted by Crippen LogP contribution is 2.27. The quantitative estimate of drug-likeness (QED) is 0.895. The van der Waals surface area contributed by atoms with Crippen LogP contribution in [0.1, 0.15) is 28.8 Å². The summed E-state index contributed by atoms with van der Waals surface area (Å²) in [5.74, 6) is -1.30. The van der Waals surface area contributed by atoms with Crippen molar-refractivity contribution in [1.82, 2.24) is 4.98 Å². The van der Waals surface area contributed by atoms with Gasteiger partial charge in [-0.2, -0.15) is 5.26 Å². The normalized spacial score (nSPS) is 14.8. The molecule has 1 aliphatic heterocycles. The average Bonchev–Trinajstić information content (AvgIpc) is 2.62. The van der Waals surface area contributed by atoms with Crippen LogP contribution in [0.3, 0.4) is 0 Å². The van der Waals surface area contributed by atoms with E-state index in [1.807, 2.05) is 4.90 Å². The van der Waals surface area contributed by atoms with Crippen LogP contribution in [-0.2, 0) is 0 Å². The largest absolute Gasteiger partial charge is 0.393 e. The lowest BCUT2D eigenvalue weighted by molar-refractivity contribution is 0.102. The number of anilines is 2. The third-order valence-corrected chi connectivity index (χ3v) is 4.20. The minimum Gasteiger partial charge on any atom is -0.393 e. The molecule has 1 aliphatic rings. The first kappa shape index (κ1) is 16.9. The maximum Gasteiger partial charge on any atom is 0.258 e. The summed E-state index contributed by atoms with van der Waals surface area (Å²) in [5.41, 5.74) is 1.49. The number of carbonyl (C=O) groups excluding carboxylic acids is 1. The smallest absolute Gasteiger partial charge is 0.258 e. The highest BCUT2D eigenvalue weighted by Gasteiger charge is 2.20. The van der Waals surface area contributed by atoms with Crippen LogP contribution in [0, 0.1) is 17.1 Å². The van der Waals surface area contributed by atoms with Crippen LogP contribution in [-0.4, -0.2) is 35.2 Å². The third-order valence-electron chi connectivity index (χ3n) is 4.20. The summed E-state index contributed by atoms with van der Waals surface area (Å²) in [4.78, 5) is 17.8. The van der Waals surface area contributed by atoms with Gasteiger partial charge in [-0.3, -0.25) is 9.78 Å². The number of aromatic nitrogens is 1. The number of nitrogens with one attached hydrogen (secondary N) is 1. The summed E-state index contributed by atoms with van der Waals surface area (Å²) in [6.45, 7) is 1.34.